The Kier molecular flexibility index (Phi) is 4.33. The highest BCUT2D eigenvalue weighted by Crippen LogP contribution is 2.48. The van der Waals surface area contributed by atoms with Crippen molar-refractivity contribution < 1.29 is 9.18 Å². The molecule has 3 N–H and O–H groups in total. The number of hydrogen-bond acceptors (Lipinski definition) is 4. The molecule has 0 aromatic carbocycles. The zero-order valence-corrected chi connectivity index (χ0v) is 12.8. The van der Waals surface area contributed by atoms with Crippen molar-refractivity contribution in [3.05, 3.63) is 66.6 Å². The molecule has 0 bridgehead atoms. The standard InChI is InChI=1S/C17H16FN5O/c18-14-10-13(3-8-22-14)21-9-4-15(19)23-16(24)17(5-6-17)12-2-1-7-20-11-12/h1-4,7-11H,5-6H2,(H,21,22)(H2,19,23,24)/b9-4-. The van der Waals surface area contributed by atoms with Gasteiger partial charge in [-0.05, 0) is 36.6 Å². The van der Waals surface area contributed by atoms with E-state index >= 15 is 0 Å². The Morgan fingerprint density at radius 2 is 2.21 bits per heavy atom. The highest BCUT2D eigenvalue weighted by molar-refractivity contribution is 6.04. The van der Waals surface area contributed by atoms with Crippen LogP contribution in [0.4, 0.5) is 10.1 Å². The van der Waals surface area contributed by atoms with Crippen LogP contribution in [0.15, 0.2) is 60.1 Å². The maximum absolute atomic E-state index is 13.0. The van der Waals surface area contributed by atoms with Crippen LogP contribution in [0.2, 0.25) is 0 Å². The summed E-state index contributed by atoms with van der Waals surface area (Å²) in [4.78, 5) is 23.9. The fourth-order valence-electron chi connectivity index (χ4n) is 2.37. The van der Waals surface area contributed by atoms with E-state index in [1.54, 1.807) is 24.5 Å². The van der Waals surface area contributed by atoms with E-state index in [-0.39, 0.29) is 11.7 Å². The molecule has 1 aliphatic rings. The van der Waals surface area contributed by atoms with Crippen molar-refractivity contribution >= 4 is 17.4 Å². The maximum Gasteiger partial charge on any atom is 0.258 e. The lowest BCUT2D eigenvalue weighted by Gasteiger charge is -2.10. The molecule has 0 saturated heterocycles. The third kappa shape index (κ3) is 3.45. The normalized spacial score (nSPS) is 16.1. The number of nitrogens with zero attached hydrogens (tertiary/aromatic N) is 3. The molecule has 1 amide bonds. The summed E-state index contributed by atoms with van der Waals surface area (Å²) in [7, 11) is 0. The van der Waals surface area contributed by atoms with Crippen molar-refractivity contribution in [1.82, 2.24) is 9.97 Å². The monoisotopic (exact) mass is 325 g/mol. The number of carbonyl (C=O) groups excluding carboxylic acids is 1. The second kappa shape index (κ2) is 6.57. The largest absolute Gasteiger partial charge is 0.384 e. The highest BCUT2D eigenvalue weighted by Gasteiger charge is 2.51. The molecule has 122 valence electrons. The summed E-state index contributed by atoms with van der Waals surface area (Å²) in [5.41, 5.74) is 6.56. The quantitative estimate of drug-likeness (QED) is 0.499. The lowest BCUT2D eigenvalue weighted by atomic mass is 9.97. The van der Waals surface area contributed by atoms with Crippen molar-refractivity contribution in [2.24, 2.45) is 10.7 Å². The Hall–Kier alpha value is -3.09. The average Bonchev–Trinajstić information content (AvgIpc) is 3.38. The predicted octanol–water partition coefficient (Wildman–Crippen LogP) is 2.16. The second-order valence-electron chi connectivity index (χ2n) is 5.51. The summed E-state index contributed by atoms with van der Waals surface area (Å²) in [6.45, 7) is 0. The van der Waals surface area contributed by atoms with E-state index < -0.39 is 11.4 Å². The minimum Gasteiger partial charge on any atom is -0.384 e. The average molecular weight is 325 g/mol. The summed E-state index contributed by atoms with van der Waals surface area (Å²) in [5, 5.41) is 2.83. The van der Waals surface area contributed by atoms with E-state index in [2.05, 4.69) is 20.3 Å². The van der Waals surface area contributed by atoms with Crippen molar-refractivity contribution in [3.63, 3.8) is 0 Å². The first kappa shape index (κ1) is 15.8. The molecule has 24 heavy (non-hydrogen) atoms. The lowest BCUT2D eigenvalue weighted by Crippen LogP contribution is -2.22. The van der Waals surface area contributed by atoms with Crippen molar-refractivity contribution in [2.75, 3.05) is 5.32 Å². The number of anilines is 1. The second-order valence-corrected chi connectivity index (χ2v) is 5.51. The third-order valence-electron chi connectivity index (χ3n) is 3.83. The number of pyridine rings is 2. The Bertz CT molecular complexity index is 800. The van der Waals surface area contributed by atoms with Gasteiger partial charge in [-0.3, -0.25) is 9.78 Å². The van der Waals surface area contributed by atoms with Crippen LogP contribution in [0, 0.1) is 5.95 Å². The zero-order chi connectivity index (χ0) is 17.0. The SMILES string of the molecule is NC(/C=C\Nc1ccnc(F)c1)=NC(=O)C1(c2cccnc2)CC1. The van der Waals surface area contributed by atoms with Gasteiger partial charge in [0.2, 0.25) is 5.95 Å². The van der Waals surface area contributed by atoms with Gasteiger partial charge in [0.05, 0.1) is 5.41 Å². The summed E-state index contributed by atoms with van der Waals surface area (Å²) < 4.78 is 13.0. The molecule has 0 radical (unpaired) electrons. The van der Waals surface area contributed by atoms with Crippen molar-refractivity contribution in [1.29, 1.82) is 0 Å². The minimum absolute atomic E-state index is 0.0807. The molecule has 7 heteroatoms. The van der Waals surface area contributed by atoms with E-state index in [0.717, 1.165) is 18.4 Å². The van der Waals surface area contributed by atoms with Gasteiger partial charge in [0.15, 0.2) is 0 Å². The van der Waals surface area contributed by atoms with Crippen LogP contribution in [0.1, 0.15) is 18.4 Å². The Balaban J connectivity index is 1.65. The van der Waals surface area contributed by atoms with E-state index in [1.807, 2.05) is 6.07 Å². The number of carbonyl (C=O) groups is 1. The molecule has 6 nitrogen and oxygen atoms in total. The van der Waals surface area contributed by atoms with E-state index in [1.165, 1.54) is 24.5 Å². The van der Waals surface area contributed by atoms with Gasteiger partial charge in [-0.2, -0.15) is 9.38 Å². The molecule has 2 aromatic heterocycles. The van der Waals surface area contributed by atoms with Crippen LogP contribution in [-0.4, -0.2) is 21.7 Å². The first-order chi connectivity index (χ1) is 11.6. The number of halogens is 1. The third-order valence-corrected chi connectivity index (χ3v) is 3.83. The fourth-order valence-corrected chi connectivity index (χ4v) is 2.37. The predicted molar refractivity (Wildman–Crippen MR) is 88.7 cm³/mol. The van der Waals surface area contributed by atoms with Crippen molar-refractivity contribution in [2.45, 2.75) is 18.3 Å². The molecule has 2 heterocycles. The van der Waals surface area contributed by atoms with Crippen LogP contribution in [-0.2, 0) is 10.2 Å². The van der Waals surface area contributed by atoms with Gasteiger partial charge in [0, 0.05) is 36.5 Å². The number of nitrogens with two attached hydrogens (primary N) is 1. The first-order valence-corrected chi connectivity index (χ1v) is 7.44. The van der Waals surface area contributed by atoms with Gasteiger partial charge >= 0.3 is 0 Å². The number of nitrogens with one attached hydrogen (secondary N) is 1. The molecular weight excluding hydrogens is 309 g/mol. The van der Waals surface area contributed by atoms with Gasteiger partial charge in [-0.1, -0.05) is 6.07 Å². The molecule has 1 aliphatic carbocycles. The number of aliphatic imine (C=N–C) groups is 1. The van der Waals surface area contributed by atoms with Crippen molar-refractivity contribution in [3.8, 4) is 0 Å². The van der Waals surface area contributed by atoms with Gasteiger partial charge in [-0.25, -0.2) is 4.98 Å². The summed E-state index contributed by atoms with van der Waals surface area (Å²) >= 11 is 0. The molecule has 1 saturated carbocycles. The van der Waals surface area contributed by atoms with E-state index in [0.29, 0.717) is 5.69 Å². The number of amidine groups is 1. The van der Waals surface area contributed by atoms with E-state index in [4.69, 9.17) is 5.73 Å². The minimum atomic E-state index is -0.589. The maximum atomic E-state index is 13.0. The number of aromatic nitrogens is 2. The van der Waals surface area contributed by atoms with Gasteiger partial charge in [-0.15, -0.1) is 0 Å². The Morgan fingerprint density at radius 1 is 1.38 bits per heavy atom. The Morgan fingerprint density at radius 3 is 2.88 bits per heavy atom. The van der Waals surface area contributed by atoms with Crippen LogP contribution < -0.4 is 11.1 Å². The number of hydrogen-bond donors (Lipinski definition) is 2. The summed E-state index contributed by atoms with van der Waals surface area (Å²) in [6.07, 6.45) is 9.13. The zero-order valence-electron chi connectivity index (χ0n) is 12.8. The molecule has 0 spiro atoms. The summed E-state index contributed by atoms with van der Waals surface area (Å²) in [5.74, 6) is -0.776. The molecule has 3 rings (SSSR count). The molecule has 2 aromatic rings. The fraction of sp³-hybridized carbons (Fsp3) is 0.176. The Labute approximate surface area is 138 Å². The first-order valence-electron chi connectivity index (χ1n) is 7.44. The molecule has 0 aliphatic heterocycles. The molecule has 0 unspecified atom stereocenters. The molecular formula is C17H16FN5O. The number of rotatable bonds is 5. The van der Waals surface area contributed by atoms with E-state index in [9.17, 15) is 9.18 Å². The lowest BCUT2D eigenvalue weighted by molar-refractivity contribution is -0.120. The topological polar surface area (TPSA) is 93.3 Å². The van der Waals surface area contributed by atoms with Crippen LogP contribution in [0.25, 0.3) is 0 Å². The van der Waals surface area contributed by atoms with Gasteiger partial charge < -0.3 is 11.1 Å². The smallest absolute Gasteiger partial charge is 0.258 e. The molecule has 1 fully saturated rings. The summed E-state index contributed by atoms with van der Waals surface area (Å²) in [6, 6.07) is 6.52. The van der Waals surface area contributed by atoms with Crippen LogP contribution >= 0.6 is 0 Å². The highest BCUT2D eigenvalue weighted by atomic mass is 19.1. The van der Waals surface area contributed by atoms with Gasteiger partial charge in [0.1, 0.15) is 5.84 Å². The van der Waals surface area contributed by atoms with Gasteiger partial charge in [0.25, 0.3) is 5.91 Å². The van der Waals surface area contributed by atoms with Crippen LogP contribution in [0.5, 0.6) is 0 Å². The molecule has 0 atom stereocenters. The van der Waals surface area contributed by atoms with Crippen LogP contribution in [0.3, 0.4) is 0 Å². The number of amides is 1.